The first-order valence-corrected chi connectivity index (χ1v) is 7.98. The van der Waals surface area contributed by atoms with Crippen molar-refractivity contribution in [3.63, 3.8) is 0 Å². The Morgan fingerprint density at radius 1 is 0.652 bits per heavy atom. The van der Waals surface area contributed by atoms with E-state index >= 15 is 0 Å². The Morgan fingerprint density at radius 3 is 1.70 bits per heavy atom. The topological polar surface area (TPSA) is 18.5 Å². The number of ether oxygens (including phenoxy) is 2. The van der Waals surface area contributed by atoms with Gasteiger partial charge in [0.1, 0.15) is 11.5 Å². The monoisotopic (exact) mass is 322 g/mol. The van der Waals surface area contributed by atoms with Gasteiger partial charge in [0, 0.05) is 0 Å². The first-order chi connectivity index (χ1) is 11.2. The zero-order valence-corrected chi connectivity index (χ0v) is 14.4. The third kappa shape index (κ3) is 3.23. The van der Waals surface area contributed by atoms with Crippen molar-refractivity contribution in [3.8, 4) is 33.8 Å². The molecule has 116 valence electrons. The number of benzene rings is 3. The molecule has 0 N–H and O–H groups in total. The first-order valence-electron chi connectivity index (χ1n) is 7.40. The van der Waals surface area contributed by atoms with Crippen molar-refractivity contribution >= 4 is 14.5 Å². The summed E-state index contributed by atoms with van der Waals surface area (Å²) in [7, 11) is 6.20. The maximum absolute atomic E-state index is 5.26. The molecule has 1 atom stereocenters. The van der Waals surface area contributed by atoms with E-state index in [9.17, 15) is 0 Å². The number of methoxy groups -OCH3 is 2. The van der Waals surface area contributed by atoms with E-state index in [2.05, 4.69) is 51.7 Å². The van der Waals surface area contributed by atoms with Crippen molar-refractivity contribution in [2.75, 3.05) is 14.2 Å². The number of hydrogen-bond donors (Lipinski definition) is 0. The van der Waals surface area contributed by atoms with E-state index in [4.69, 9.17) is 9.47 Å². The van der Waals surface area contributed by atoms with Gasteiger partial charge in [0.25, 0.3) is 0 Å². The van der Waals surface area contributed by atoms with Gasteiger partial charge in [-0.15, -0.1) is 9.24 Å². The standard InChI is InChI=1S/C20H19O2P/c1-21-16-10-6-14(7-11-16)18-4-3-5-19(23)20(18)15-8-12-17(22-2)13-9-15/h3-13H,23H2,1-2H3. The highest BCUT2D eigenvalue weighted by Gasteiger charge is 2.10. The summed E-state index contributed by atoms with van der Waals surface area (Å²) in [4.78, 5) is 0. The molecule has 0 aliphatic carbocycles. The van der Waals surface area contributed by atoms with Crippen molar-refractivity contribution in [2.45, 2.75) is 0 Å². The lowest BCUT2D eigenvalue weighted by Crippen LogP contribution is -1.99. The van der Waals surface area contributed by atoms with Gasteiger partial charge in [0.15, 0.2) is 0 Å². The summed E-state index contributed by atoms with van der Waals surface area (Å²) in [5.41, 5.74) is 4.75. The maximum atomic E-state index is 5.26. The van der Waals surface area contributed by atoms with E-state index in [1.165, 1.54) is 27.6 Å². The van der Waals surface area contributed by atoms with Crippen LogP contribution in [0.2, 0.25) is 0 Å². The van der Waals surface area contributed by atoms with E-state index in [0.717, 1.165) is 11.5 Å². The second kappa shape index (κ2) is 6.85. The van der Waals surface area contributed by atoms with Crippen LogP contribution in [-0.4, -0.2) is 14.2 Å². The Hall–Kier alpha value is -2.31. The highest BCUT2D eigenvalue weighted by atomic mass is 31.0. The molecule has 3 rings (SSSR count). The fraction of sp³-hybridized carbons (Fsp3) is 0.100. The molecule has 0 aliphatic rings. The third-order valence-electron chi connectivity index (χ3n) is 3.88. The number of rotatable bonds is 4. The molecule has 3 aromatic rings. The second-order valence-electron chi connectivity index (χ2n) is 5.23. The summed E-state index contributed by atoms with van der Waals surface area (Å²) in [5.74, 6) is 1.72. The Bertz CT molecular complexity index is 793. The van der Waals surface area contributed by atoms with E-state index in [0.29, 0.717) is 0 Å². The minimum absolute atomic E-state index is 0.862. The molecule has 0 aromatic heterocycles. The van der Waals surface area contributed by atoms with Crippen LogP contribution < -0.4 is 14.8 Å². The van der Waals surface area contributed by atoms with Crippen LogP contribution >= 0.6 is 9.24 Å². The van der Waals surface area contributed by atoms with Crippen molar-refractivity contribution in [3.05, 3.63) is 66.7 Å². The van der Waals surface area contributed by atoms with Gasteiger partial charge >= 0.3 is 0 Å². The predicted octanol–water partition coefficient (Wildman–Crippen LogP) is 4.54. The highest BCUT2D eigenvalue weighted by Crippen LogP contribution is 2.33. The van der Waals surface area contributed by atoms with Crippen molar-refractivity contribution < 1.29 is 9.47 Å². The van der Waals surface area contributed by atoms with Gasteiger partial charge in [0.05, 0.1) is 14.2 Å². The fourth-order valence-electron chi connectivity index (χ4n) is 2.66. The average Bonchev–Trinajstić information content (AvgIpc) is 2.62. The summed E-state index contributed by atoms with van der Waals surface area (Å²) in [6, 6.07) is 22.7. The maximum Gasteiger partial charge on any atom is 0.118 e. The van der Waals surface area contributed by atoms with Gasteiger partial charge in [-0.25, -0.2) is 0 Å². The van der Waals surface area contributed by atoms with Crippen LogP contribution in [0.5, 0.6) is 11.5 Å². The largest absolute Gasteiger partial charge is 0.497 e. The van der Waals surface area contributed by atoms with Crippen LogP contribution in [0.15, 0.2) is 66.7 Å². The number of hydrogen-bond acceptors (Lipinski definition) is 2. The van der Waals surface area contributed by atoms with Crippen LogP contribution in [0.4, 0.5) is 0 Å². The predicted molar refractivity (Wildman–Crippen MR) is 99.8 cm³/mol. The van der Waals surface area contributed by atoms with Gasteiger partial charge in [-0.05, 0) is 51.8 Å². The van der Waals surface area contributed by atoms with Gasteiger partial charge in [0.2, 0.25) is 0 Å². The van der Waals surface area contributed by atoms with Crippen LogP contribution in [0, 0.1) is 0 Å². The lowest BCUT2D eigenvalue weighted by atomic mass is 9.94. The minimum Gasteiger partial charge on any atom is -0.497 e. The van der Waals surface area contributed by atoms with Crippen LogP contribution in [0.25, 0.3) is 22.3 Å². The summed E-state index contributed by atoms with van der Waals surface area (Å²) in [5, 5.41) is 1.17. The Kier molecular flexibility index (Phi) is 4.64. The molecular weight excluding hydrogens is 303 g/mol. The molecule has 0 spiro atoms. The van der Waals surface area contributed by atoms with Gasteiger partial charge in [-0.2, -0.15) is 0 Å². The van der Waals surface area contributed by atoms with Crippen LogP contribution in [0.1, 0.15) is 0 Å². The third-order valence-corrected chi connectivity index (χ3v) is 4.36. The molecule has 3 heteroatoms. The van der Waals surface area contributed by atoms with Crippen LogP contribution in [-0.2, 0) is 0 Å². The molecule has 0 fully saturated rings. The molecule has 0 saturated heterocycles. The average molecular weight is 322 g/mol. The van der Waals surface area contributed by atoms with Gasteiger partial charge in [-0.3, -0.25) is 0 Å². The molecule has 0 aliphatic heterocycles. The fourth-order valence-corrected chi connectivity index (χ4v) is 3.09. The molecule has 0 radical (unpaired) electrons. The van der Waals surface area contributed by atoms with Crippen molar-refractivity contribution in [1.29, 1.82) is 0 Å². The van der Waals surface area contributed by atoms with E-state index in [1.54, 1.807) is 14.2 Å². The molecular formula is C20H19O2P. The summed E-state index contributed by atoms with van der Waals surface area (Å²) in [6.07, 6.45) is 0. The molecule has 23 heavy (non-hydrogen) atoms. The highest BCUT2D eigenvalue weighted by molar-refractivity contribution is 7.28. The van der Waals surface area contributed by atoms with E-state index in [1.807, 2.05) is 24.3 Å². The SMILES string of the molecule is COc1ccc(-c2cccc(P)c2-c2ccc(OC)cc2)cc1. The van der Waals surface area contributed by atoms with Crippen LogP contribution in [0.3, 0.4) is 0 Å². The van der Waals surface area contributed by atoms with Gasteiger partial charge in [-0.1, -0.05) is 42.5 Å². The molecule has 0 bridgehead atoms. The molecule has 0 heterocycles. The van der Waals surface area contributed by atoms with Crippen molar-refractivity contribution in [1.82, 2.24) is 0 Å². The quantitative estimate of drug-likeness (QED) is 0.657. The summed E-state index contributed by atoms with van der Waals surface area (Å²) < 4.78 is 10.5. The lowest BCUT2D eigenvalue weighted by molar-refractivity contribution is 0.414. The van der Waals surface area contributed by atoms with E-state index in [-0.39, 0.29) is 0 Å². The lowest BCUT2D eigenvalue weighted by Gasteiger charge is -2.14. The minimum atomic E-state index is 0.862. The van der Waals surface area contributed by atoms with Gasteiger partial charge < -0.3 is 9.47 Å². The summed E-state index contributed by atoms with van der Waals surface area (Å²) in [6.45, 7) is 0. The second-order valence-corrected chi connectivity index (χ2v) is 5.85. The molecule has 3 aromatic carbocycles. The molecule has 2 nitrogen and oxygen atoms in total. The molecule has 1 unspecified atom stereocenters. The Labute approximate surface area is 139 Å². The Balaban J connectivity index is 2.11. The Morgan fingerprint density at radius 2 is 1.17 bits per heavy atom. The zero-order chi connectivity index (χ0) is 16.2. The smallest absolute Gasteiger partial charge is 0.118 e. The zero-order valence-electron chi connectivity index (χ0n) is 13.2. The normalized spacial score (nSPS) is 10.4. The molecule has 0 amide bonds. The first kappa shape index (κ1) is 15.6. The van der Waals surface area contributed by atoms with Crippen molar-refractivity contribution in [2.24, 2.45) is 0 Å². The molecule has 0 saturated carbocycles. The van der Waals surface area contributed by atoms with E-state index < -0.39 is 0 Å². The summed E-state index contributed by atoms with van der Waals surface area (Å²) >= 11 is 0.